The smallest absolute Gasteiger partial charge is 0.193 e. The van der Waals surface area contributed by atoms with E-state index in [0.29, 0.717) is 6.61 Å². The molecule has 1 aliphatic rings. The van der Waals surface area contributed by atoms with Crippen LogP contribution in [-0.4, -0.2) is 54.1 Å². The van der Waals surface area contributed by atoms with Gasteiger partial charge < -0.3 is 19.9 Å². The summed E-state index contributed by atoms with van der Waals surface area (Å²) in [6.07, 6.45) is 1.98. The number of benzene rings is 2. The number of hydrogen-bond donors (Lipinski definition) is 2. The Bertz CT molecular complexity index is 999. The Kier molecular flexibility index (Phi) is 8.31. The first-order valence-electron chi connectivity index (χ1n) is 10.7. The maximum absolute atomic E-state index is 6.09. The number of nitrogens with one attached hydrogen (secondary N) is 2. The molecule has 31 heavy (non-hydrogen) atoms. The molecule has 2 aromatic carbocycles. The molecule has 1 saturated heterocycles. The summed E-state index contributed by atoms with van der Waals surface area (Å²) in [5.41, 5.74) is 5.97. The van der Waals surface area contributed by atoms with Gasteiger partial charge in [0.25, 0.3) is 0 Å². The highest BCUT2D eigenvalue weighted by molar-refractivity contribution is 14.0. The standard InChI is InChI=1S/C24H31N5O.HI/c1-17-10-11-19(18(2)15-17)22-16-29(13-14-30-22)24(25-3)26-12-6-9-23-27-20-7-4-5-8-21(20)28-23;/h4-5,7-8,10-11,15,22H,6,9,12-14,16H2,1-3H3,(H,25,26)(H,27,28);1H. The fourth-order valence-corrected chi connectivity index (χ4v) is 4.13. The molecule has 4 rings (SSSR count). The van der Waals surface area contributed by atoms with Crippen molar-refractivity contribution in [1.82, 2.24) is 20.2 Å². The number of halogens is 1. The molecule has 0 radical (unpaired) electrons. The van der Waals surface area contributed by atoms with Gasteiger partial charge in [0, 0.05) is 26.6 Å². The van der Waals surface area contributed by atoms with E-state index in [4.69, 9.17) is 4.74 Å². The minimum atomic E-state index is 0. The molecular weight excluding hydrogens is 501 g/mol. The van der Waals surface area contributed by atoms with Gasteiger partial charge >= 0.3 is 0 Å². The average Bonchev–Trinajstić information content (AvgIpc) is 3.17. The number of morpholine rings is 1. The minimum Gasteiger partial charge on any atom is -0.370 e. The number of aromatic amines is 1. The minimum absolute atomic E-state index is 0. The lowest BCUT2D eigenvalue weighted by atomic mass is 10.00. The van der Waals surface area contributed by atoms with E-state index in [-0.39, 0.29) is 30.1 Å². The third-order valence-electron chi connectivity index (χ3n) is 5.66. The van der Waals surface area contributed by atoms with E-state index in [1.54, 1.807) is 0 Å². The summed E-state index contributed by atoms with van der Waals surface area (Å²) >= 11 is 0. The van der Waals surface area contributed by atoms with Gasteiger partial charge in [-0.3, -0.25) is 4.99 Å². The number of nitrogens with zero attached hydrogens (tertiary/aromatic N) is 3. The molecule has 0 saturated carbocycles. The van der Waals surface area contributed by atoms with Crippen molar-refractivity contribution in [3.8, 4) is 0 Å². The average molecular weight is 533 g/mol. The van der Waals surface area contributed by atoms with Gasteiger partial charge in [-0.15, -0.1) is 24.0 Å². The van der Waals surface area contributed by atoms with Crippen molar-refractivity contribution >= 4 is 41.0 Å². The topological polar surface area (TPSA) is 65.5 Å². The zero-order valence-corrected chi connectivity index (χ0v) is 20.8. The van der Waals surface area contributed by atoms with E-state index in [0.717, 1.165) is 55.3 Å². The molecule has 2 heterocycles. The Morgan fingerprint density at radius 1 is 1.26 bits per heavy atom. The van der Waals surface area contributed by atoms with Crippen LogP contribution < -0.4 is 5.32 Å². The number of ether oxygens (including phenoxy) is 1. The lowest BCUT2D eigenvalue weighted by Crippen LogP contribution is -2.48. The quantitative estimate of drug-likeness (QED) is 0.221. The number of aliphatic imine (C=N–C) groups is 1. The number of fused-ring (bicyclic) bond motifs is 1. The summed E-state index contributed by atoms with van der Waals surface area (Å²) in [5.74, 6) is 1.98. The second-order valence-electron chi connectivity index (χ2n) is 7.94. The van der Waals surface area contributed by atoms with Gasteiger partial charge in [-0.25, -0.2) is 4.98 Å². The Balaban J connectivity index is 0.00000272. The molecule has 0 bridgehead atoms. The van der Waals surface area contributed by atoms with Gasteiger partial charge in [0.05, 0.1) is 24.2 Å². The van der Waals surface area contributed by atoms with Crippen LogP contribution in [0.3, 0.4) is 0 Å². The molecular formula is C24H32IN5O. The number of hydrogen-bond acceptors (Lipinski definition) is 3. The van der Waals surface area contributed by atoms with Gasteiger partial charge in [0.15, 0.2) is 5.96 Å². The Morgan fingerprint density at radius 3 is 2.87 bits per heavy atom. The van der Waals surface area contributed by atoms with E-state index >= 15 is 0 Å². The molecule has 1 unspecified atom stereocenters. The lowest BCUT2D eigenvalue weighted by molar-refractivity contribution is -0.00831. The van der Waals surface area contributed by atoms with Crippen LogP contribution >= 0.6 is 24.0 Å². The predicted octanol–water partition coefficient (Wildman–Crippen LogP) is 4.38. The van der Waals surface area contributed by atoms with Crippen molar-refractivity contribution in [3.05, 3.63) is 65.0 Å². The van der Waals surface area contributed by atoms with Crippen LogP contribution in [0.1, 0.15) is 35.0 Å². The number of aryl methyl sites for hydroxylation is 3. The second kappa shape index (κ2) is 10.9. The fourth-order valence-electron chi connectivity index (χ4n) is 4.13. The van der Waals surface area contributed by atoms with E-state index in [9.17, 15) is 0 Å². The van der Waals surface area contributed by atoms with Crippen molar-refractivity contribution in [1.29, 1.82) is 0 Å². The van der Waals surface area contributed by atoms with Crippen LogP contribution in [0.4, 0.5) is 0 Å². The summed E-state index contributed by atoms with van der Waals surface area (Å²) in [4.78, 5) is 14.9. The van der Waals surface area contributed by atoms with Crippen molar-refractivity contribution in [3.63, 3.8) is 0 Å². The highest BCUT2D eigenvalue weighted by Gasteiger charge is 2.25. The second-order valence-corrected chi connectivity index (χ2v) is 7.94. The number of imidazole rings is 1. The third-order valence-corrected chi connectivity index (χ3v) is 5.66. The maximum atomic E-state index is 6.09. The predicted molar refractivity (Wildman–Crippen MR) is 137 cm³/mol. The molecule has 2 N–H and O–H groups in total. The molecule has 1 aromatic heterocycles. The number of guanidine groups is 1. The molecule has 166 valence electrons. The van der Waals surface area contributed by atoms with E-state index < -0.39 is 0 Å². The molecule has 6 nitrogen and oxygen atoms in total. The number of aromatic nitrogens is 2. The molecule has 3 aromatic rings. The van der Waals surface area contributed by atoms with Gasteiger partial charge in [0.2, 0.25) is 0 Å². The highest BCUT2D eigenvalue weighted by Crippen LogP contribution is 2.26. The van der Waals surface area contributed by atoms with Gasteiger partial charge in [0.1, 0.15) is 11.9 Å². The normalized spacial score (nSPS) is 16.9. The summed E-state index contributed by atoms with van der Waals surface area (Å²) in [5, 5.41) is 3.52. The first-order valence-corrected chi connectivity index (χ1v) is 10.7. The molecule has 0 aliphatic carbocycles. The largest absolute Gasteiger partial charge is 0.370 e. The summed E-state index contributed by atoms with van der Waals surface area (Å²) in [6.45, 7) is 7.52. The highest BCUT2D eigenvalue weighted by atomic mass is 127. The Hall–Kier alpha value is -2.13. The molecule has 0 amide bonds. The van der Waals surface area contributed by atoms with Crippen LogP contribution in [0.5, 0.6) is 0 Å². The van der Waals surface area contributed by atoms with E-state index in [1.807, 2.05) is 25.2 Å². The van der Waals surface area contributed by atoms with Crippen molar-refractivity contribution in [2.75, 3.05) is 33.3 Å². The first kappa shape index (κ1) is 23.5. The van der Waals surface area contributed by atoms with Crippen LogP contribution in [-0.2, 0) is 11.2 Å². The number of H-pyrrole nitrogens is 1. The maximum Gasteiger partial charge on any atom is 0.193 e. The molecule has 1 fully saturated rings. The Labute approximate surface area is 201 Å². The van der Waals surface area contributed by atoms with Crippen molar-refractivity contribution in [2.24, 2.45) is 4.99 Å². The zero-order valence-electron chi connectivity index (χ0n) is 18.5. The SMILES string of the molecule is CN=C(NCCCc1nc2ccccc2[nH]1)N1CCOC(c2ccc(C)cc2C)C1.I. The third kappa shape index (κ3) is 5.77. The zero-order chi connectivity index (χ0) is 20.9. The lowest BCUT2D eigenvalue weighted by Gasteiger charge is -2.35. The van der Waals surface area contributed by atoms with Crippen LogP contribution in [0.2, 0.25) is 0 Å². The van der Waals surface area contributed by atoms with Gasteiger partial charge in [-0.05, 0) is 43.5 Å². The Morgan fingerprint density at radius 2 is 2.10 bits per heavy atom. The molecule has 0 spiro atoms. The monoisotopic (exact) mass is 533 g/mol. The van der Waals surface area contributed by atoms with Gasteiger partial charge in [-0.1, -0.05) is 35.9 Å². The molecule has 1 atom stereocenters. The van der Waals surface area contributed by atoms with Crippen molar-refractivity contribution < 1.29 is 4.74 Å². The molecule has 7 heteroatoms. The van der Waals surface area contributed by atoms with E-state index in [2.05, 4.69) is 63.3 Å². The van der Waals surface area contributed by atoms with Crippen molar-refractivity contribution in [2.45, 2.75) is 32.8 Å². The summed E-state index contributed by atoms with van der Waals surface area (Å²) < 4.78 is 6.09. The van der Waals surface area contributed by atoms with E-state index in [1.165, 1.54) is 16.7 Å². The summed E-state index contributed by atoms with van der Waals surface area (Å²) in [7, 11) is 1.85. The van der Waals surface area contributed by atoms with Crippen LogP contribution in [0, 0.1) is 13.8 Å². The van der Waals surface area contributed by atoms with Crippen LogP contribution in [0.25, 0.3) is 11.0 Å². The fraction of sp³-hybridized carbons (Fsp3) is 0.417. The number of rotatable bonds is 5. The first-order chi connectivity index (χ1) is 14.6. The number of para-hydroxylation sites is 2. The van der Waals surface area contributed by atoms with Crippen LogP contribution in [0.15, 0.2) is 47.5 Å². The summed E-state index contributed by atoms with van der Waals surface area (Å²) in [6, 6.07) is 14.7. The molecule has 1 aliphatic heterocycles. The van der Waals surface area contributed by atoms with Gasteiger partial charge in [-0.2, -0.15) is 0 Å².